The molecule has 0 saturated heterocycles. The third kappa shape index (κ3) is 10.3. The summed E-state index contributed by atoms with van der Waals surface area (Å²) in [5, 5.41) is 12.7. The topological polar surface area (TPSA) is 48.8 Å². The van der Waals surface area contributed by atoms with E-state index in [9.17, 15) is 0 Å². The van der Waals surface area contributed by atoms with Crippen molar-refractivity contribution in [1.82, 2.24) is 19.1 Å². The van der Waals surface area contributed by atoms with Crippen LogP contribution >= 0.6 is 0 Å². The molecule has 6 nitrogen and oxygen atoms in total. The lowest BCUT2D eigenvalue weighted by atomic mass is 9.88. The highest BCUT2D eigenvalue weighted by molar-refractivity contribution is 7.20. The van der Waals surface area contributed by atoms with E-state index in [0.717, 1.165) is 66.6 Å². The molecule has 0 amide bonds. The average Bonchev–Trinajstić information content (AvgIpc) is 1.20. The van der Waals surface area contributed by atoms with Crippen molar-refractivity contribution in [2.75, 3.05) is 0 Å². The van der Waals surface area contributed by atoms with Crippen LogP contribution in [0, 0.1) is 6.33 Å². The highest BCUT2D eigenvalue weighted by Gasteiger charge is 2.43. The lowest BCUT2D eigenvalue weighted by Crippen LogP contribution is -2.74. The van der Waals surface area contributed by atoms with Gasteiger partial charge in [0.25, 0.3) is 6.33 Å². The average molecular weight is 1250 g/mol. The zero-order valence-electron chi connectivity index (χ0n) is 53.1. The van der Waals surface area contributed by atoms with E-state index in [0.29, 0.717) is 17.3 Å². The maximum atomic E-state index is 6.94. The SMILES string of the molecule is CC(C)(C)c1ccnc(-n2c3ccccc3c3ccc(Oc4ccnc(-n5[c-][n+](-c6c(-c7cccc([Si](c8ccccc8)(c8ccccc8)c8ccccc8)c7)cccc6-c6cccc([Si](c7ccccc7)(c7ccccc7)c7ccccc7)c6)c6ccccc65)c4)cc32)c1. The minimum atomic E-state index is -2.97. The van der Waals surface area contributed by atoms with Crippen LogP contribution in [0.1, 0.15) is 26.3 Å². The first-order valence-electron chi connectivity index (χ1n) is 32.5. The minimum absolute atomic E-state index is 0.0537. The van der Waals surface area contributed by atoms with E-state index in [4.69, 9.17) is 14.7 Å². The highest BCUT2D eigenvalue weighted by atomic mass is 28.3. The van der Waals surface area contributed by atoms with Crippen molar-refractivity contribution in [2.24, 2.45) is 0 Å². The van der Waals surface area contributed by atoms with Gasteiger partial charge in [-0.15, -0.1) is 0 Å². The molecule has 0 aliphatic heterocycles. The Balaban J connectivity index is 0.896. The van der Waals surface area contributed by atoms with E-state index < -0.39 is 16.1 Å². The van der Waals surface area contributed by atoms with Gasteiger partial charge in [-0.1, -0.05) is 312 Å². The van der Waals surface area contributed by atoms with Gasteiger partial charge < -0.3 is 4.74 Å². The first-order valence-corrected chi connectivity index (χ1v) is 36.5. The molecule has 0 radical (unpaired) electrons. The first kappa shape index (κ1) is 58.5. The number of benzene rings is 12. The molecule has 4 heterocycles. The van der Waals surface area contributed by atoms with Gasteiger partial charge >= 0.3 is 0 Å². The number of imidazole rings is 1. The van der Waals surface area contributed by atoms with E-state index in [1.165, 1.54) is 47.1 Å². The fourth-order valence-electron chi connectivity index (χ4n) is 14.6. The maximum Gasteiger partial charge on any atom is 0.271 e. The Labute approximate surface area is 556 Å². The maximum absolute atomic E-state index is 6.94. The number of fused-ring (bicyclic) bond motifs is 4. The van der Waals surface area contributed by atoms with Crippen molar-refractivity contribution >= 4 is 90.5 Å². The second kappa shape index (κ2) is 24.5. The molecule has 0 fully saturated rings. The molecule has 4 aromatic heterocycles. The normalized spacial score (nSPS) is 11.9. The van der Waals surface area contributed by atoms with Crippen molar-refractivity contribution in [1.29, 1.82) is 0 Å². The number of pyridine rings is 2. The molecule has 454 valence electrons. The van der Waals surface area contributed by atoms with Gasteiger partial charge in [0.1, 0.15) is 17.3 Å². The standard InChI is InChI=1S/C87H67N5OSi2/c1-87(2,3)65-53-55-89-85(59-65)92-80-48-23-22-45-78(80)79-52-51-66(60-83(79)92)93-67-54-56-88-84(61-67)90-62-91(82-50-25-24-49-81(82)90)86-76(63-29-26-43-74(57-63)94(68-31-10-4-11-32-68,69-33-12-5-13-34-69)70-35-14-6-15-36-70)46-28-47-77(86)64-30-27-44-75(58-64)95(71-37-16-7-17-38-71,72-39-18-8-19-40-72)73-41-20-9-21-42-73/h4-61H,1-3H3. The Morgan fingerprint density at radius 1 is 0.347 bits per heavy atom. The number of hydrogen-bond donors (Lipinski definition) is 0. The summed E-state index contributed by atoms with van der Waals surface area (Å²) >= 11 is 0. The molecule has 0 aliphatic carbocycles. The Kier molecular flexibility index (Phi) is 15.1. The first-order chi connectivity index (χ1) is 46.7. The Morgan fingerprint density at radius 3 is 1.28 bits per heavy atom. The molecule has 0 bridgehead atoms. The van der Waals surface area contributed by atoms with Crippen LogP contribution in [0.25, 0.3) is 72.4 Å². The molecule has 16 rings (SSSR count). The third-order valence-electron chi connectivity index (χ3n) is 18.9. The highest BCUT2D eigenvalue weighted by Crippen LogP contribution is 2.38. The lowest BCUT2D eigenvalue weighted by molar-refractivity contribution is -0.571. The summed E-state index contributed by atoms with van der Waals surface area (Å²) in [4.78, 5) is 10.1. The van der Waals surface area contributed by atoms with E-state index in [2.05, 4.69) is 368 Å². The predicted octanol–water partition coefficient (Wildman–Crippen LogP) is 14.8. The third-order valence-corrected chi connectivity index (χ3v) is 28.5. The summed E-state index contributed by atoms with van der Waals surface area (Å²) in [5.41, 5.74) is 10.5. The largest absolute Gasteiger partial charge is 0.458 e. The van der Waals surface area contributed by atoms with Crippen LogP contribution in [0.15, 0.2) is 352 Å². The molecule has 0 aliphatic rings. The summed E-state index contributed by atoms with van der Waals surface area (Å²) in [6.45, 7) is 6.72. The number of para-hydroxylation sites is 4. The second-order valence-electron chi connectivity index (χ2n) is 25.5. The van der Waals surface area contributed by atoms with Crippen LogP contribution in [0.5, 0.6) is 11.5 Å². The summed E-state index contributed by atoms with van der Waals surface area (Å²) in [6, 6.07) is 124. The molecule has 0 unspecified atom stereocenters. The number of aromatic nitrogens is 5. The molecule has 16 aromatic rings. The van der Waals surface area contributed by atoms with Crippen LogP contribution in [0.4, 0.5) is 0 Å². The van der Waals surface area contributed by atoms with Gasteiger partial charge in [0.05, 0.1) is 27.8 Å². The van der Waals surface area contributed by atoms with Crippen LogP contribution in [0.2, 0.25) is 0 Å². The monoisotopic (exact) mass is 1250 g/mol. The van der Waals surface area contributed by atoms with Gasteiger partial charge in [-0.3, -0.25) is 18.7 Å². The van der Waals surface area contributed by atoms with E-state index in [1.807, 2.05) is 24.5 Å². The zero-order chi connectivity index (χ0) is 63.9. The van der Waals surface area contributed by atoms with Gasteiger partial charge in [-0.25, -0.2) is 4.98 Å². The lowest BCUT2D eigenvalue weighted by Gasteiger charge is -2.35. The van der Waals surface area contributed by atoms with Crippen molar-refractivity contribution in [3.63, 3.8) is 0 Å². The summed E-state index contributed by atoms with van der Waals surface area (Å²) in [6.07, 6.45) is 7.73. The number of hydrogen-bond acceptors (Lipinski definition) is 3. The van der Waals surface area contributed by atoms with E-state index >= 15 is 0 Å². The van der Waals surface area contributed by atoms with Crippen LogP contribution in [-0.2, 0) is 5.41 Å². The van der Waals surface area contributed by atoms with Crippen LogP contribution in [0.3, 0.4) is 0 Å². The molecule has 8 heteroatoms. The molecular weight excluding hydrogens is 1190 g/mol. The summed E-state index contributed by atoms with van der Waals surface area (Å²) in [7, 11) is -5.94. The van der Waals surface area contributed by atoms with E-state index in [1.54, 1.807) is 0 Å². The number of ether oxygens (including phenoxy) is 1. The quantitative estimate of drug-likeness (QED) is 0.0445. The fraction of sp³-hybridized carbons (Fsp3) is 0.0460. The predicted molar refractivity (Wildman–Crippen MR) is 397 cm³/mol. The van der Waals surface area contributed by atoms with Gasteiger partial charge in [-0.05, 0) is 111 Å². The van der Waals surface area contributed by atoms with Crippen molar-refractivity contribution in [3.05, 3.63) is 364 Å². The molecule has 0 N–H and O–H groups in total. The summed E-state index contributed by atoms with van der Waals surface area (Å²) in [5.74, 6) is 2.86. The molecule has 95 heavy (non-hydrogen) atoms. The second-order valence-corrected chi connectivity index (χ2v) is 33.1. The number of rotatable bonds is 15. The van der Waals surface area contributed by atoms with Crippen LogP contribution < -0.4 is 50.8 Å². The zero-order valence-corrected chi connectivity index (χ0v) is 55.1. The van der Waals surface area contributed by atoms with Crippen molar-refractivity contribution in [3.8, 4) is 51.1 Å². The smallest absolute Gasteiger partial charge is 0.271 e. The Bertz CT molecular complexity index is 5060. The van der Waals surface area contributed by atoms with Crippen molar-refractivity contribution < 1.29 is 9.30 Å². The Hall–Kier alpha value is -11.6. The van der Waals surface area contributed by atoms with Gasteiger partial charge in [0.15, 0.2) is 22.0 Å². The summed E-state index contributed by atoms with van der Waals surface area (Å²) < 4.78 is 13.6. The minimum Gasteiger partial charge on any atom is -0.458 e. The van der Waals surface area contributed by atoms with Crippen LogP contribution in [-0.4, -0.2) is 35.2 Å². The van der Waals surface area contributed by atoms with E-state index in [-0.39, 0.29) is 5.41 Å². The molecule has 0 spiro atoms. The molecular formula is C87H67N5OSi2. The molecule has 0 atom stereocenters. The molecule has 0 saturated carbocycles. The van der Waals surface area contributed by atoms with Gasteiger partial charge in [0.2, 0.25) is 0 Å². The Morgan fingerprint density at radius 2 is 0.768 bits per heavy atom. The fourth-order valence-corrected chi connectivity index (χ4v) is 24.2. The number of nitrogens with zero attached hydrogens (tertiary/aromatic N) is 5. The van der Waals surface area contributed by atoms with Crippen molar-refractivity contribution in [2.45, 2.75) is 26.2 Å². The van der Waals surface area contributed by atoms with Gasteiger partial charge in [0, 0.05) is 35.3 Å². The van der Waals surface area contributed by atoms with Gasteiger partial charge in [-0.2, -0.15) is 0 Å². The molecule has 12 aromatic carbocycles.